The molecular formula is C18H17FN4O2. The van der Waals surface area contributed by atoms with Crippen LogP contribution in [0.1, 0.15) is 18.5 Å². The lowest BCUT2D eigenvalue weighted by Gasteiger charge is -2.19. The summed E-state index contributed by atoms with van der Waals surface area (Å²) in [4.78, 5) is 10.7. The van der Waals surface area contributed by atoms with Crippen molar-refractivity contribution in [3.63, 3.8) is 0 Å². The molecule has 7 heteroatoms. The SMILES string of the molecule is CC(c1ccc2oc(Nc3nc4cc(F)ccc4o3)nc2c1)N(C)C. The predicted octanol–water partition coefficient (Wildman–Crippen LogP) is 4.47. The third-order valence-electron chi connectivity index (χ3n) is 4.23. The summed E-state index contributed by atoms with van der Waals surface area (Å²) in [6.07, 6.45) is 0. The van der Waals surface area contributed by atoms with Gasteiger partial charge in [0.15, 0.2) is 11.2 Å². The Balaban J connectivity index is 1.64. The Bertz CT molecular complexity index is 1050. The average Bonchev–Trinajstić information content (AvgIpc) is 3.15. The van der Waals surface area contributed by atoms with Gasteiger partial charge in [0.05, 0.1) is 0 Å². The fourth-order valence-electron chi connectivity index (χ4n) is 2.60. The molecule has 1 N–H and O–H groups in total. The third-order valence-corrected chi connectivity index (χ3v) is 4.23. The predicted molar refractivity (Wildman–Crippen MR) is 93.4 cm³/mol. The highest BCUT2D eigenvalue weighted by Crippen LogP contribution is 2.27. The standard InChI is InChI=1S/C18H17FN4O2/c1-10(23(2)3)11-4-6-15-13(8-11)20-17(24-15)22-18-21-14-9-12(19)5-7-16(14)25-18/h4-10H,1-3H3,(H,20,21,22). The number of hydrogen-bond acceptors (Lipinski definition) is 6. The van der Waals surface area contributed by atoms with E-state index in [0.717, 1.165) is 11.1 Å². The molecule has 0 spiro atoms. The molecule has 0 aliphatic rings. The first kappa shape index (κ1) is 15.6. The molecule has 0 radical (unpaired) electrons. The highest BCUT2D eigenvalue weighted by Gasteiger charge is 2.14. The van der Waals surface area contributed by atoms with Crippen LogP contribution < -0.4 is 5.32 Å². The number of rotatable bonds is 4. The zero-order valence-electron chi connectivity index (χ0n) is 14.1. The van der Waals surface area contributed by atoms with Gasteiger partial charge in [-0.05, 0) is 50.8 Å². The van der Waals surface area contributed by atoms with Gasteiger partial charge in [-0.15, -0.1) is 0 Å². The Morgan fingerprint density at radius 1 is 0.960 bits per heavy atom. The van der Waals surface area contributed by atoms with Crippen molar-refractivity contribution in [2.75, 3.05) is 19.4 Å². The first-order chi connectivity index (χ1) is 12.0. The van der Waals surface area contributed by atoms with Crippen molar-refractivity contribution in [3.05, 3.63) is 47.8 Å². The third kappa shape index (κ3) is 2.94. The minimum absolute atomic E-state index is 0.203. The Morgan fingerprint density at radius 2 is 1.56 bits per heavy atom. The van der Waals surface area contributed by atoms with Gasteiger partial charge in [-0.2, -0.15) is 9.97 Å². The smallest absolute Gasteiger partial charge is 0.303 e. The van der Waals surface area contributed by atoms with Crippen molar-refractivity contribution in [3.8, 4) is 0 Å². The molecule has 128 valence electrons. The molecule has 0 aliphatic carbocycles. The van der Waals surface area contributed by atoms with Gasteiger partial charge in [0.1, 0.15) is 16.9 Å². The van der Waals surface area contributed by atoms with E-state index in [-0.39, 0.29) is 23.9 Å². The zero-order valence-corrected chi connectivity index (χ0v) is 14.1. The van der Waals surface area contributed by atoms with Crippen LogP contribution in [0.3, 0.4) is 0 Å². The van der Waals surface area contributed by atoms with Crippen molar-refractivity contribution in [2.45, 2.75) is 13.0 Å². The summed E-state index contributed by atoms with van der Waals surface area (Å²) in [5.41, 5.74) is 3.48. The van der Waals surface area contributed by atoms with Gasteiger partial charge in [-0.1, -0.05) is 6.07 Å². The van der Waals surface area contributed by atoms with Crippen molar-refractivity contribution in [1.29, 1.82) is 0 Å². The van der Waals surface area contributed by atoms with Gasteiger partial charge >= 0.3 is 12.0 Å². The van der Waals surface area contributed by atoms with Crippen LogP contribution in [0.15, 0.2) is 45.2 Å². The van der Waals surface area contributed by atoms with Crippen molar-refractivity contribution in [2.24, 2.45) is 0 Å². The van der Waals surface area contributed by atoms with Crippen LogP contribution >= 0.6 is 0 Å². The molecule has 6 nitrogen and oxygen atoms in total. The molecule has 0 saturated carbocycles. The Kier molecular flexibility index (Phi) is 3.65. The number of hydrogen-bond donors (Lipinski definition) is 1. The van der Waals surface area contributed by atoms with Crippen LogP contribution in [-0.2, 0) is 0 Å². The zero-order chi connectivity index (χ0) is 17.6. The van der Waals surface area contributed by atoms with E-state index >= 15 is 0 Å². The van der Waals surface area contributed by atoms with E-state index in [1.807, 2.05) is 32.3 Å². The molecule has 4 rings (SSSR count). The van der Waals surface area contributed by atoms with E-state index in [0.29, 0.717) is 16.7 Å². The topological polar surface area (TPSA) is 67.3 Å². The van der Waals surface area contributed by atoms with Gasteiger partial charge in [-0.25, -0.2) is 4.39 Å². The number of nitrogens with one attached hydrogen (secondary N) is 1. The average molecular weight is 340 g/mol. The molecule has 2 aromatic heterocycles. The summed E-state index contributed by atoms with van der Waals surface area (Å²) in [5, 5.41) is 2.89. The van der Waals surface area contributed by atoms with Crippen LogP contribution in [0.4, 0.5) is 16.4 Å². The fraction of sp³-hybridized carbons (Fsp3) is 0.222. The van der Waals surface area contributed by atoms with Gasteiger partial charge in [0.2, 0.25) is 0 Å². The molecule has 2 heterocycles. The Labute approximate surface area is 143 Å². The first-order valence-electron chi connectivity index (χ1n) is 7.89. The monoisotopic (exact) mass is 340 g/mol. The van der Waals surface area contributed by atoms with Crippen LogP contribution in [-0.4, -0.2) is 29.0 Å². The molecule has 0 fully saturated rings. The number of oxazole rings is 2. The summed E-state index contributed by atoms with van der Waals surface area (Å²) in [6.45, 7) is 2.12. The summed E-state index contributed by atoms with van der Waals surface area (Å²) in [5.74, 6) is -0.364. The van der Waals surface area contributed by atoms with Crippen LogP contribution in [0.2, 0.25) is 0 Å². The van der Waals surface area contributed by atoms with E-state index in [1.165, 1.54) is 18.2 Å². The maximum atomic E-state index is 13.2. The highest BCUT2D eigenvalue weighted by molar-refractivity contribution is 5.77. The second-order valence-electron chi connectivity index (χ2n) is 6.14. The van der Waals surface area contributed by atoms with E-state index in [2.05, 4.69) is 27.1 Å². The lowest BCUT2D eigenvalue weighted by molar-refractivity contribution is 0.321. The second-order valence-corrected chi connectivity index (χ2v) is 6.14. The normalized spacial score (nSPS) is 13.0. The van der Waals surface area contributed by atoms with Crippen molar-refractivity contribution < 1.29 is 13.2 Å². The van der Waals surface area contributed by atoms with E-state index in [9.17, 15) is 4.39 Å². The van der Waals surface area contributed by atoms with Crippen LogP contribution in [0.5, 0.6) is 0 Å². The lowest BCUT2D eigenvalue weighted by atomic mass is 10.1. The van der Waals surface area contributed by atoms with Crippen LogP contribution in [0.25, 0.3) is 22.2 Å². The molecule has 0 aliphatic heterocycles. The van der Waals surface area contributed by atoms with E-state index in [1.54, 1.807) is 0 Å². The number of anilines is 2. The molecule has 25 heavy (non-hydrogen) atoms. The minimum atomic E-state index is -0.364. The summed E-state index contributed by atoms with van der Waals surface area (Å²) >= 11 is 0. The summed E-state index contributed by atoms with van der Waals surface area (Å²) in [6, 6.07) is 10.8. The van der Waals surface area contributed by atoms with Crippen molar-refractivity contribution in [1.82, 2.24) is 14.9 Å². The van der Waals surface area contributed by atoms with Gasteiger partial charge in [-0.3, -0.25) is 5.32 Å². The Hall–Kier alpha value is -2.93. The maximum absolute atomic E-state index is 13.2. The number of halogens is 1. The molecular weight excluding hydrogens is 323 g/mol. The molecule has 2 aromatic carbocycles. The van der Waals surface area contributed by atoms with E-state index < -0.39 is 0 Å². The quantitative estimate of drug-likeness (QED) is 0.591. The molecule has 0 saturated heterocycles. The van der Waals surface area contributed by atoms with Gasteiger partial charge < -0.3 is 13.7 Å². The lowest BCUT2D eigenvalue weighted by Crippen LogP contribution is -2.16. The Morgan fingerprint density at radius 3 is 2.20 bits per heavy atom. The molecule has 1 unspecified atom stereocenters. The molecule has 0 amide bonds. The van der Waals surface area contributed by atoms with Crippen LogP contribution in [0, 0.1) is 5.82 Å². The summed E-state index contributed by atoms with van der Waals surface area (Å²) < 4.78 is 24.4. The summed E-state index contributed by atoms with van der Waals surface area (Å²) in [7, 11) is 4.06. The highest BCUT2D eigenvalue weighted by atomic mass is 19.1. The first-order valence-corrected chi connectivity index (χ1v) is 7.89. The molecule has 4 aromatic rings. The number of nitrogens with zero attached hydrogens (tertiary/aromatic N) is 3. The largest absolute Gasteiger partial charge is 0.423 e. The number of aromatic nitrogens is 2. The number of fused-ring (bicyclic) bond motifs is 2. The van der Waals surface area contributed by atoms with E-state index in [4.69, 9.17) is 8.83 Å². The molecule has 1 atom stereocenters. The second kappa shape index (κ2) is 5.86. The number of benzene rings is 2. The van der Waals surface area contributed by atoms with Crippen molar-refractivity contribution >= 4 is 34.2 Å². The minimum Gasteiger partial charge on any atom is -0.423 e. The fourth-order valence-corrected chi connectivity index (χ4v) is 2.60. The maximum Gasteiger partial charge on any atom is 0.303 e. The molecule has 0 bridgehead atoms. The van der Waals surface area contributed by atoms with Gasteiger partial charge in [0, 0.05) is 12.1 Å². The van der Waals surface area contributed by atoms with Gasteiger partial charge in [0.25, 0.3) is 0 Å².